The van der Waals surface area contributed by atoms with Gasteiger partial charge in [-0.25, -0.2) is 4.39 Å². The molecule has 2 aromatic carbocycles. The molecule has 0 heterocycles. The summed E-state index contributed by atoms with van der Waals surface area (Å²) in [6.07, 6.45) is 0. The number of thioether (sulfide) groups is 1. The first-order chi connectivity index (χ1) is 10.2. The Balaban J connectivity index is 2.11. The average molecular weight is 320 g/mol. The molecule has 2 rings (SSSR count). The van der Waals surface area contributed by atoms with Crippen LogP contribution in [0, 0.1) is 5.82 Å². The number of nitrogens with two attached hydrogens (primary N) is 1. The molecule has 0 spiro atoms. The largest absolute Gasteiger partial charge is 0.376 e. The van der Waals surface area contributed by atoms with E-state index in [0.29, 0.717) is 11.7 Å². The first-order valence-electron chi connectivity index (χ1n) is 6.62. The number of nitrogens with one attached hydrogen (secondary N) is 1. The minimum Gasteiger partial charge on any atom is -0.376 e. The molecule has 0 amide bonds. The highest BCUT2D eigenvalue weighted by Crippen LogP contribution is 2.35. The van der Waals surface area contributed by atoms with E-state index < -0.39 is 0 Å². The number of halogens is 1. The maximum absolute atomic E-state index is 13.1. The SMILES string of the molecule is NC(=S)NCCSC(c1ccccc1)c1ccc(F)cc1. The van der Waals surface area contributed by atoms with Gasteiger partial charge in [0.25, 0.3) is 0 Å². The molecule has 1 unspecified atom stereocenters. The first kappa shape index (κ1) is 15.8. The summed E-state index contributed by atoms with van der Waals surface area (Å²) in [5.74, 6) is 0.638. The monoisotopic (exact) mass is 320 g/mol. The Hall–Kier alpha value is -1.59. The van der Waals surface area contributed by atoms with Crippen molar-refractivity contribution in [2.75, 3.05) is 12.3 Å². The van der Waals surface area contributed by atoms with Gasteiger partial charge in [0.2, 0.25) is 0 Å². The van der Waals surface area contributed by atoms with Crippen LogP contribution < -0.4 is 11.1 Å². The van der Waals surface area contributed by atoms with Gasteiger partial charge in [0.05, 0.1) is 5.25 Å². The van der Waals surface area contributed by atoms with E-state index in [1.165, 1.54) is 17.7 Å². The predicted molar refractivity (Wildman–Crippen MR) is 91.9 cm³/mol. The third-order valence-corrected chi connectivity index (χ3v) is 4.42. The highest BCUT2D eigenvalue weighted by atomic mass is 32.2. The van der Waals surface area contributed by atoms with Crippen molar-refractivity contribution in [1.82, 2.24) is 5.32 Å². The molecule has 21 heavy (non-hydrogen) atoms. The third-order valence-electron chi connectivity index (χ3n) is 2.96. The maximum atomic E-state index is 13.1. The van der Waals surface area contributed by atoms with Crippen LogP contribution >= 0.6 is 24.0 Å². The topological polar surface area (TPSA) is 38.0 Å². The molecule has 0 aromatic heterocycles. The van der Waals surface area contributed by atoms with Crippen LogP contribution in [-0.2, 0) is 0 Å². The van der Waals surface area contributed by atoms with Gasteiger partial charge in [-0.2, -0.15) is 0 Å². The normalized spacial score (nSPS) is 11.9. The van der Waals surface area contributed by atoms with Crippen LogP contribution in [-0.4, -0.2) is 17.4 Å². The summed E-state index contributed by atoms with van der Waals surface area (Å²) >= 11 is 6.57. The summed E-state index contributed by atoms with van der Waals surface area (Å²) in [4.78, 5) is 0. The molecule has 110 valence electrons. The Morgan fingerprint density at radius 3 is 2.33 bits per heavy atom. The molecule has 2 aromatic rings. The van der Waals surface area contributed by atoms with Gasteiger partial charge in [-0.3, -0.25) is 0 Å². The Bertz CT molecular complexity index is 573. The zero-order chi connectivity index (χ0) is 15.1. The van der Waals surface area contributed by atoms with E-state index in [2.05, 4.69) is 17.4 Å². The number of rotatable bonds is 6. The molecule has 0 radical (unpaired) electrons. The van der Waals surface area contributed by atoms with Crippen LogP contribution in [0.5, 0.6) is 0 Å². The van der Waals surface area contributed by atoms with Gasteiger partial charge in [0, 0.05) is 12.3 Å². The maximum Gasteiger partial charge on any atom is 0.163 e. The Morgan fingerprint density at radius 1 is 1.10 bits per heavy atom. The third kappa shape index (κ3) is 5.02. The second-order valence-corrected chi connectivity index (χ2v) is 6.16. The van der Waals surface area contributed by atoms with Crippen molar-refractivity contribution in [2.24, 2.45) is 5.73 Å². The fourth-order valence-corrected chi connectivity index (χ4v) is 3.26. The molecule has 2 nitrogen and oxygen atoms in total. The molecule has 0 aliphatic rings. The molecule has 0 aliphatic heterocycles. The Morgan fingerprint density at radius 2 is 1.71 bits per heavy atom. The molecular weight excluding hydrogens is 303 g/mol. The highest BCUT2D eigenvalue weighted by molar-refractivity contribution is 7.99. The van der Waals surface area contributed by atoms with Crippen molar-refractivity contribution < 1.29 is 4.39 Å². The lowest BCUT2D eigenvalue weighted by Crippen LogP contribution is -2.30. The zero-order valence-corrected chi connectivity index (χ0v) is 13.1. The Kier molecular flexibility index (Phi) is 6.02. The van der Waals surface area contributed by atoms with Gasteiger partial charge in [-0.1, -0.05) is 42.5 Å². The quantitative estimate of drug-likeness (QED) is 0.631. The van der Waals surface area contributed by atoms with Gasteiger partial charge in [0.15, 0.2) is 5.11 Å². The summed E-state index contributed by atoms with van der Waals surface area (Å²) in [6, 6.07) is 16.9. The smallest absolute Gasteiger partial charge is 0.163 e. The van der Waals surface area contributed by atoms with Crippen molar-refractivity contribution in [1.29, 1.82) is 0 Å². The van der Waals surface area contributed by atoms with Crippen molar-refractivity contribution in [3.05, 3.63) is 71.5 Å². The van der Waals surface area contributed by atoms with E-state index >= 15 is 0 Å². The highest BCUT2D eigenvalue weighted by Gasteiger charge is 2.14. The fourth-order valence-electron chi connectivity index (χ4n) is 2.00. The molecule has 0 saturated carbocycles. The Labute approximate surface area is 133 Å². The summed E-state index contributed by atoms with van der Waals surface area (Å²) in [5, 5.41) is 3.42. The van der Waals surface area contributed by atoms with Gasteiger partial charge < -0.3 is 11.1 Å². The summed E-state index contributed by atoms with van der Waals surface area (Å²) in [7, 11) is 0. The van der Waals surface area contributed by atoms with Gasteiger partial charge in [-0.15, -0.1) is 11.8 Å². The summed E-state index contributed by atoms with van der Waals surface area (Å²) in [5.41, 5.74) is 7.70. The van der Waals surface area contributed by atoms with E-state index in [9.17, 15) is 4.39 Å². The number of hydrogen-bond donors (Lipinski definition) is 2. The van der Waals surface area contributed by atoms with Crippen molar-refractivity contribution >= 4 is 29.1 Å². The van der Waals surface area contributed by atoms with E-state index in [4.69, 9.17) is 18.0 Å². The number of thiocarbonyl (C=S) groups is 1. The number of hydrogen-bond acceptors (Lipinski definition) is 2. The molecule has 0 aliphatic carbocycles. The minimum absolute atomic E-state index is 0.167. The average Bonchev–Trinajstić information content (AvgIpc) is 2.49. The second kappa shape index (κ2) is 8.00. The fraction of sp³-hybridized carbons (Fsp3) is 0.188. The number of benzene rings is 2. The second-order valence-electron chi connectivity index (χ2n) is 4.50. The molecule has 3 N–H and O–H groups in total. The standard InChI is InChI=1S/C16H17FN2S2/c17-14-8-6-13(7-9-14)15(12-4-2-1-3-5-12)21-11-10-19-16(18)20/h1-9,15H,10-11H2,(H3,18,19,20). The molecular formula is C16H17FN2S2. The minimum atomic E-state index is -0.217. The van der Waals surface area contributed by atoms with Crippen LogP contribution in [0.4, 0.5) is 4.39 Å². The molecule has 0 bridgehead atoms. The summed E-state index contributed by atoms with van der Waals surface area (Å²) in [6.45, 7) is 0.713. The lowest BCUT2D eigenvalue weighted by atomic mass is 10.0. The van der Waals surface area contributed by atoms with Crippen LogP contribution in [0.2, 0.25) is 0 Å². The lowest BCUT2D eigenvalue weighted by molar-refractivity contribution is 0.627. The van der Waals surface area contributed by atoms with Crippen molar-refractivity contribution in [2.45, 2.75) is 5.25 Å². The molecule has 5 heteroatoms. The van der Waals surface area contributed by atoms with Gasteiger partial charge in [0.1, 0.15) is 5.82 Å². The van der Waals surface area contributed by atoms with Gasteiger partial charge >= 0.3 is 0 Å². The summed E-state index contributed by atoms with van der Waals surface area (Å²) < 4.78 is 13.1. The van der Waals surface area contributed by atoms with E-state index in [1.807, 2.05) is 30.3 Å². The molecule has 1 atom stereocenters. The van der Waals surface area contributed by atoms with E-state index in [1.54, 1.807) is 11.8 Å². The van der Waals surface area contributed by atoms with Gasteiger partial charge in [-0.05, 0) is 35.5 Å². The van der Waals surface area contributed by atoms with E-state index in [-0.39, 0.29) is 11.1 Å². The van der Waals surface area contributed by atoms with Crippen LogP contribution in [0.1, 0.15) is 16.4 Å². The van der Waals surface area contributed by atoms with Crippen LogP contribution in [0.25, 0.3) is 0 Å². The van der Waals surface area contributed by atoms with E-state index in [0.717, 1.165) is 11.3 Å². The van der Waals surface area contributed by atoms with Crippen molar-refractivity contribution in [3.8, 4) is 0 Å². The zero-order valence-electron chi connectivity index (χ0n) is 11.5. The molecule has 0 fully saturated rings. The van der Waals surface area contributed by atoms with Crippen molar-refractivity contribution in [3.63, 3.8) is 0 Å². The lowest BCUT2D eigenvalue weighted by Gasteiger charge is -2.18. The first-order valence-corrected chi connectivity index (χ1v) is 8.08. The van der Waals surface area contributed by atoms with Crippen LogP contribution in [0.3, 0.4) is 0 Å². The van der Waals surface area contributed by atoms with Crippen LogP contribution in [0.15, 0.2) is 54.6 Å². The predicted octanol–water partition coefficient (Wildman–Crippen LogP) is 3.48. The molecule has 0 saturated heterocycles.